The molecular weight excluding hydrogens is 1310 g/mol. The largest absolute Gasteiger partial charge is 0.394 e. The van der Waals surface area contributed by atoms with Crippen LogP contribution in [0, 0.1) is 0 Å². The summed E-state index contributed by atoms with van der Waals surface area (Å²) in [6, 6.07) is -3.49. The van der Waals surface area contributed by atoms with E-state index in [1.807, 2.05) is 0 Å². The maximum absolute atomic E-state index is 12.8. The van der Waals surface area contributed by atoms with E-state index in [1.165, 1.54) is 0 Å². The van der Waals surface area contributed by atoms with Gasteiger partial charge in [-0.25, -0.2) is 0 Å². The predicted octanol–water partition coefficient (Wildman–Crippen LogP) is -18.2. The van der Waals surface area contributed by atoms with Crippen molar-refractivity contribution in [3.05, 3.63) is 0 Å². The number of hydrogen-bond donors (Lipinski definition) is 26. The molecule has 8 rings (SSSR count). The Labute approximate surface area is 536 Å². The summed E-state index contributed by atoms with van der Waals surface area (Å²) in [5.41, 5.74) is 0. The third kappa shape index (κ3) is 16.8. The summed E-state index contributed by atoms with van der Waals surface area (Å²) in [7, 11) is 0. The molecule has 26 N–H and O–H groups in total. The van der Waals surface area contributed by atoms with Gasteiger partial charge in [0.2, 0.25) is 11.8 Å². The molecule has 43 nitrogen and oxygen atoms in total. The van der Waals surface area contributed by atoms with Gasteiger partial charge in [0, 0.05) is 13.8 Å². The average Bonchev–Trinajstić information content (AvgIpc) is 0.796. The minimum atomic E-state index is -2.51. The first kappa shape index (κ1) is 78.1. The molecule has 43 heteroatoms. The standard InChI is InChI=1S/C52H88N2O41/c1-11(62)53-21-29(70)39(18(8-60)82-45(21)80)90-46-22(54-12(2)63)30(71)40(19(9-61)88-46)91-50-38(79)42(28(69)20(89-50)10-81-47-37(78)41(27(68)17(7-59)83-47)92-48-35(76)31(72)23(64)13(3-55)84-48)93-51-44(34(75)26(67)15(5-57)86-51)95-52-43(33(74)25(66)16(6-58)87-52)94-49-36(77)32(73)24(65)14(4-56)85-49/h13-52,55-61,64-80H,3-10H2,1-2H3,(H,53,62)(H,54,63)/t13-,14-,15-,16-,17-,18-,19-,20-,21-,22-,23-,24-,25-,26-,27-,28-,29-,30-,31+,32+,33+,34+,35+,36+,37+,38+,39-,40-,41+,42+,43+,44+,45-,46+,47+,48-,49-,50+,51-,52-/m1/s1. The second-order valence-electron chi connectivity index (χ2n) is 23.9. The summed E-state index contributed by atoms with van der Waals surface area (Å²) in [6.45, 7) is -6.47. The number of carbonyl (C=O) groups is 2. The highest BCUT2D eigenvalue weighted by atomic mass is 16.8. The first-order chi connectivity index (χ1) is 45.0. The molecule has 8 aliphatic rings. The molecular formula is C52H88N2O41. The second kappa shape index (κ2) is 33.9. The molecule has 8 heterocycles. The number of carbonyl (C=O) groups excluding carboxylic acids is 2. The number of rotatable bonds is 24. The SMILES string of the molecule is CC(=O)N[C@@H]1[C@@H](O)[C@H](O[C@@H]2O[C@H](CO)[C@@H](O[C@@H]3O[C@H](CO[C@H]4O[C@H](CO)[C@@H](O)[C@H](O[C@H]5O[C@H](CO)[C@@H](O)[C@H](O)[C@@H]5O)[C@@H]4O)[C@@H](O)[C@H](O[C@H]4O[C@H](CO)[C@@H](O)[C@H](O)[C@@H]4O[C@H]4O[C@H](CO)[C@@H](O)[C@H](O)[C@@H]4O[C@H]4O[C@H](CO)[C@@H](O)[C@H](O)[C@@H]4O)[C@@H]3O)[C@H](O)[C@H]2NC(C)=O)[C@@H](CO)O[C@H]1O. The number of amides is 2. The zero-order valence-corrected chi connectivity index (χ0v) is 50.4. The molecule has 8 aliphatic heterocycles. The second-order valence-corrected chi connectivity index (χ2v) is 23.9. The van der Waals surface area contributed by atoms with Gasteiger partial charge in [-0.3, -0.25) is 9.59 Å². The Kier molecular flexibility index (Phi) is 27.9. The van der Waals surface area contributed by atoms with Crippen molar-refractivity contribution in [2.24, 2.45) is 0 Å². The van der Waals surface area contributed by atoms with Crippen LogP contribution in [-0.4, -0.2) is 433 Å². The van der Waals surface area contributed by atoms with Crippen LogP contribution < -0.4 is 10.6 Å². The molecule has 0 aliphatic carbocycles. The lowest BCUT2D eigenvalue weighted by atomic mass is 9.94. The summed E-state index contributed by atoms with van der Waals surface area (Å²) in [6.07, 6.45) is -78.5. The monoisotopic (exact) mass is 1400 g/mol. The Bertz CT molecular complexity index is 2380. The summed E-state index contributed by atoms with van der Waals surface area (Å²) in [5, 5.41) is 267. The van der Waals surface area contributed by atoms with Crippen molar-refractivity contribution in [2.75, 3.05) is 52.9 Å². The van der Waals surface area contributed by atoms with E-state index in [0.717, 1.165) is 13.8 Å². The number of ether oxygens (including phenoxy) is 15. The van der Waals surface area contributed by atoms with E-state index in [9.17, 15) is 132 Å². The van der Waals surface area contributed by atoms with E-state index in [-0.39, 0.29) is 0 Å². The molecule has 0 aromatic carbocycles. The van der Waals surface area contributed by atoms with Crippen molar-refractivity contribution in [3.8, 4) is 0 Å². The van der Waals surface area contributed by atoms with Gasteiger partial charge in [-0.2, -0.15) is 0 Å². The lowest BCUT2D eigenvalue weighted by Gasteiger charge is -2.51. The minimum absolute atomic E-state index is 0.766. The van der Waals surface area contributed by atoms with Crippen LogP contribution >= 0.6 is 0 Å². The van der Waals surface area contributed by atoms with Crippen LogP contribution in [-0.2, 0) is 80.6 Å². The van der Waals surface area contributed by atoms with Crippen molar-refractivity contribution < 1.29 is 203 Å². The van der Waals surface area contributed by atoms with Crippen LogP contribution in [0.4, 0.5) is 0 Å². The summed E-state index contributed by atoms with van der Waals surface area (Å²) < 4.78 is 86.9. The highest BCUT2D eigenvalue weighted by Gasteiger charge is 2.60. The molecule has 0 unspecified atom stereocenters. The van der Waals surface area contributed by atoms with Gasteiger partial charge < -0.3 is 204 Å². The Morgan fingerprint density at radius 2 is 0.568 bits per heavy atom. The Morgan fingerprint density at radius 3 is 1.02 bits per heavy atom. The van der Waals surface area contributed by atoms with Crippen molar-refractivity contribution >= 4 is 11.8 Å². The molecule has 2 amide bonds. The molecule has 95 heavy (non-hydrogen) atoms. The van der Waals surface area contributed by atoms with Crippen LogP contribution in [0.2, 0.25) is 0 Å². The topological polar surface area (TPSA) is 682 Å². The first-order valence-electron chi connectivity index (χ1n) is 30.1. The zero-order chi connectivity index (χ0) is 69.9. The van der Waals surface area contributed by atoms with Gasteiger partial charge in [0.1, 0.15) is 195 Å². The van der Waals surface area contributed by atoms with Gasteiger partial charge in [0.05, 0.1) is 52.9 Å². The molecule has 0 saturated carbocycles. The van der Waals surface area contributed by atoms with E-state index >= 15 is 0 Å². The van der Waals surface area contributed by atoms with Crippen LogP contribution in [0.3, 0.4) is 0 Å². The normalized spacial score (nSPS) is 50.8. The van der Waals surface area contributed by atoms with Crippen molar-refractivity contribution in [3.63, 3.8) is 0 Å². The number of hydrogen-bond acceptors (Lipinski definition) is 41. The fourth-order valence-corrected chi connectivity index (χ4v) is 12.1. The fourth-order valence-electron chi connectivity index (χ4n) is 12.1. The molecule has 0 aromatic rings. The van der Waals surface area contributed by atoms with E-state index in [0.29, 0.717) is 0 Å². The van der Waals surface area contributed by atoms with Gasteiger partial charge in [-0.1, -0.05) is 0 Å². The molecule has 0 aromatic heterocycles. The fraction of sp³-hybridized carbons (Fsp3) is 0.962. The lowest BCUT2D eigenvalue weighted by Crippen LogP contribution is -2.70. The highest BCUT2D eigenvalue weighted by Crippen LogP contribution is 2.39. The molecule has 0 radical (unpaired) electrons. The minimum Gasteiger partial charge on any atom is -0.394 e. The van der Waals surface area contributed by atoms with Gasteiger partial charge in [0.25, 0.3) is 0 Å². The maximum atomic E-state index is 12.8. The van der Waals surface area contributed by atoms with Crippen LogP contribution in [0.5, 0.6) is 0 Å². The third-order valence-corrected chi connectivity index (χ3v) is 17.4. The quantitative estimate of drug-likeness (QED) is 0.0427. The average molecular weight is 1400 g/mol. The summed E-state index contributed by atoms with van der Waals surface area (Å²) in [5.74, 6) is -1.68. The highest BCUT2D eigenvalue weighted by molar-refractivity contribution is 5.73. The van der Waals surface area contributed by atoms with Crippen molar-refractivity contribution in [1.29, 1.82) is 0 Å². The lowest BCUT2D eigenvalue weighted by molar-refractivity contribution is -0.408. The molecule has 0 spiro atoms. The third-order valence-electron chi connectivity index (χ3n) is 17.4. The number of nitrogens with one attached hydrogen (secondary N) is 2. The molecule has 552 valence electrons. The van der Waals surface area contributed by atoms with Gasteiger partial charge in [-0.15, -0.1) is 0 Å². The maximum Gasteiger partial charge on any atom is 0.217 e. The predicted molar refractivity (Wildman–Crippen MR) is 288 cm³/mol. The number of aliphatic hydroxyl groups is 24. The van der Waals surface area contributed by atoms with Gasteiger partial charge >= 0.3 is 0 Å². The molecule has 40 atom stereocenters. The van der Waals surface area contributed by atoms with Crippen molar-refractivity contribution in [1.82, 2.24) is 10.6 Å². The van der Waals surface area contributed by atoms with Crippen LogP contribution in [0.1, 0.15) is 13.8 Å². The smallest absolute Gasteiger partial charge is 0.217 e. The Balaban J connectivity index is 1.12. The van der Waals surface area contributed by atoms with Gasteiger partial charge in [-0.05, 0) is 0 Å². The molecule has 8 fully saturated rings. The summed E-state index contributed by atoms with van der Waals surface area (Å²) >= 11 is 0. The van der Waals surface area contributed by atoms with Crippen molar-refractivity contribution in [2.45, 2.75) is 259 Å². The Hall–Kier alpha value is -2.62. The van der Waals surface area contributed by atoms with E-state index in [2.05, 4.69) is 10.6 Å². The van der Waals surface area contributed by atoms with E-state index < -0.39 is 310 Å². The van der Waals surface area contributed by atoms with Gasteiger partial charge in [0.15, 0.2) is 50.3 Å². The van der Waals surface area contributed by atoms with Crippen LogP contribution in [0.15, 0.2) is 0 Å². The van der Waals surface area contributed by atoms with E-state index in [1.54, 1.807) is 0 Å². The summed E-state index contributed by atoms with van der Waals surface area (Å²) in [4.78, 5) is 24.9. The first-order valence-corrected chi connectivity index (χ1v) is 30.1. The van der Waals surface area contributed by atoms with E-state index in [4.69, 9.17) is 71.1 Å². The van der Waals surface area contributed by atoms with Crippen LogP contribution in [0.25, 0.3) is 0 Å². The molecule has 0 bridgehead atoms. The number of aliphatic hydroxyl groups excluding tert-OH is 24. The zero-order valence-electron chi connectivity index (χ0n) is 50.4. The molecule has 8 saturated heterocycles. The Morgan fingerprint density at radius 1 is 0.274 bits per heavy atom.